The van der Waals surface area contributed by atoms with Gasteiger partial charge in [-0.15, -0.1) is 11.8 Å². The summed E-state index contributed by atoms with van der Waals surface area (Å²) >= 11 is 1.23. The minimum Gasteiger partial charge on any atom is -0.487 e. The van der Waals surface area contributed by atoms with E-state index < -0.39 is 5.97 Å². The number of pyridine rings is 1. The van der Waals surface area contributed by atoms with Gasteiger partial charge in [0, 0.05) is 11.1 Å². The summed E-state index contributed by atoms with van der Waals surface area (Å²) in [4.78, 5) is 17.4. The highest BCUT2D eigenvalue weighted by Crippen LogP contribution is 2.37. The van der Waals surface area contributed by atoms with E-state index in [4.69, 9.17) is 9.47 Å². The minimum absolute atomic E-state index is 0.121. The van der Waals surface area contributed by atoms with Crippen LogP contribution in [0, 0.1) is 11.6 Å². The van der Waals surface area contributed by atoms with Crippen LogP contribution in [-0.4, -0.2) is 18.1 Å². The number of esters is 1. The van der Waals surface area contributed by atoms with Crippen molar-refractivity contribution < 1.29 is 23.0 Å². The molecule has 0 saturated heterocycles. The van der Waals surface area contributed by atoms with Crippen molar-refractivity contribution in [3.8, 4) is 5.75 Å². The number of hydrogen-bond donors (Lipinski definition) is 0. The molecule has 0 aliphatic heterocycles. The van der Waals surface area contributed by atoms with E-state index in [1.54, 1.807) is 36.4 Å². The maximum atomic E-state index is 14.1. The second kappa shape index (κ2) is 9.78. The first-order valence-electron chi connectivity index (χ1n) is 9.81. The molecule has 162 valence electrons. The molecule has 0 N–H and O–H groups in total. The van der Waals surface area contributed by atoms with Crippen molar-refractivity contribution in [2.24, 2.45) is 0 Å². The van der Waals surface area contributed by atoms with Crippen LogP contribution < -0.4 is 4.74 Å². The number of thioether (sulfide) groups is 1. The maximum absolute atomic E-state index is 14.1. The van der Waals surface area contributed by atoms with E-state index in [2.05, 4.69) is 4.98 Å². The van der Waals surface area contributed by atoms with Gasteiger partial charge in [0.05, 0.1) is 12.6 Å². The Balaban J connectivity index is 1.76. The third kappa shape index (κ3) is 4.73. The average Bonchev–Trinajstić information content (AvgIpc) is 2.82. The summed E-state index contributed by atoms with van der Waals surface area (Å²) in [6.45, 7) is 0.121. The topological polar surface area (TPSA) is 48.4 Å². The molecule has 4 nitrogen and oxygen atoms in total. The Kier molecular flexibility index (Phi) is 6.66. The lowest BCUT2D eigenvalue weighted by atomic mass is 10.1. The van der Waals surface area contributed by atoms with Gasteiger partial charge < -0.3 is 9.47 Å². The smallest absolute Gasteiger partial charge is 0.344 e. The number of fused-ring (bicyclic) bond motifs is 1. The van der Waals surface area contributed by atoms with Crippen LogP contribution in [0.2, 0.25) is 0 Å². The summed E-state index contributed by atoms with van der Waals surface area (Å²) < 4.78 is 38.4. The van der Waals surface area contributed by atoms with Gasteiger partial charge in [0.2, 0.25) is 0 Å². The molecule has 4 rings (SSSR count). The molecule has 0 radical (unpaired) electrons. The first-order valence-corrected chi connectivity index (χ1v) is 10.8. The summed E-state index contributed by atoms with van der Waals surface area (Å²) in [7, 11) is 1.28. The molecule has 0 spiro atoms. The van der Waals surface area contributed by atoms with Crippen molar-refractivity contribution in [2.75, 3.05) is 7.11 Å². The van der Waals surface area contributed by atoms with Gasteiger partial charge in [-0.1, -0.05) is 42.5 Å². The van der Waals surface area contributed by atoms with Gasteiger partial charge in [-0.3, -0.25) is 0 Å². The third-order valence-corrected chi connectivity index (χ3v) is 5.84. The summed E-state index contributed by atoms with van der Waals surface area (Å²) in [5.41, 5.74) is 2.04. The SMILES string of the molecule is COC(=O)c1c(SCc2ccccc2F)nc2ccccc2c1OCc1ccc(F)cc1. The Morgan fingerprint density at radius 2 is 1.69 bits per heavy atom. The van der Waals surface area contributed by atoms with E-state index in [0.29, 0.717) is 27.2 Å². The molecule has 4 aromatic rings. The normalized spacial score (nSPS) is 10.8. The van der Waals surface area contributed by atoms with E-state index in [9.17, 15) is 13.6 Å². The van der Waals surface area contributed by atoms with Crippen LogP contribution in [0.25, 0.3) is 10.9 Å². The number of carbonyl (C=O) groups excluding carboxylic acids is 1. The van der Waals surface area contributed by atoms with Crippen molar-refractivity contribution >= 4 is 28.6 Å². The predicted molar refractivity (Wildman–Crippen MR) is 120 cm³/mol. The van der Waals surface area contributed by atoms with Crippen LogP contribution in [0.15, 0.2) is 77.8 Å². The molecule has 0 aliphatic carbocycles. The second-order valence-corrected chi connectivity index (χ2v) is 7.89. The van der Waals surface area contributed by atoms with E-state index in [1.807, 2.05) is 18.2 Å². The highest BCUT2D eigenvalue weighted by Gasteiger charge is 2.24. The monoisotopic (exact) mass is 451 g/mol. The van der Waals surface area contributed by atoms with Crippen LogP contribution in [0.5, 0.6) is 5.75 Å². The van der Waals surface area contributed by atoms with Crippen LogP contribution in [0.4, 0.5) is 8.78 Å². The number of halogens is 2. The lowest BCUT2D eigenvalue weighted by molar-refractivity contribution is 0.0590. The number of aromatic nitrogens is 1. The number of methoxy groups -OCH3 is 1. The maximum Gasteiger partial charge on any atom is 0.344 e. The lowest BCUT2D eigenvalue weighted by Crippen LogP contribution is -2.10. The van der Waals surface area contributed by atoms with Crippen molar-refractivity contribution in [3.63, 3.8) is 0 Å². The van der Waals surface area contributed by atoms with Crippen LogP contribution in [0.3, 0.4) is 0 Å². The molecular weight excluding hydrogens is 432 g/mol. The summed E-state index contributed by atoms with van der Waals surface area (Å²) in [5, 5.41) is 1.03. The summed E-state index contributed by atoms with van der Waals surface area (Å²) in [6, 6.07) is 19.7. The molecule has 0 atom stereocenters. The molecule has 0 aliphatic rings. The molecule has 0 fully saturated rings. The van der Waals surface area contributed by atoms with Gasteiger partial charge >= 0.3 is 5.97 Å². The summed E-state index contributed by atoms with van der Waals surface area (Å²) in [6.07, 6.45) is 0. The Hall–Kier alpha value is -3.45. The molecular formula is C25H19F2NO3S. The Morgan fingerprint density at radius 1 is 0.969 bits per heavy atom. The average molecular weight is 451 g/mol. The Labute approximate surface area is 188 Å². The Morgan fingerprint density at radius 3 is 2.44 bits per heavy atom. The van der Waals surface area contributed by atoms with Crippen LogP contribution >= 0.6 is 11.8 Å². The van der Waals surface area contributed by atoms with Crippen molar-refractivity contribution in [2.45, 2.75) is 17.4 Å². The Bertz CT molecular complexity index is 1260. The fraction of sp³-hybridized carbons (Fsp3) is 0.120. The van der Waals surface area contributed by atoms with Crippen LogP contribution in [0.1, 0.15) is 21.5 Å². The van der Waals surface area contributed by atoms with E-state index in [0.717, 1.165) is 5.56 Å². The highest BCUT2D eigenvalue weighted by molar-refractivity contribution is 7.98. The van der Waals surface area contributed by atoms with E-state index in [1.165, 1.54) is 37.1 Å². The number of rotatable bonds is 7. The van der Waals surface area contributed by atoms with E-state index in [-0.39, 0.29) is 29.6 Å². The minimum atomic E-state index is -0.603. The van der Waals surface area contributed by atoms with Crippen molar-refractivity contribution in [3.05, 3.63) is 101 Å². The number of nitrogens with zero attached hydrogens (tertiary/aromatic N) is 1. The van der Waals surface area contributed by atoms with Gasteiger partial charge in [-0.2, -0.15) is 0 Å². The number of benzene rings is 3. The molecule has 1 heterocycles. The lowest BCUT2D eigenvalue weighted by Gasteiger charge is -2.16. The quantitative estimate of drug-likeness (QED) is 0.248. The van der Waals surface area contributed by atoms with Crippen molar-refractivity contribution in [1.29, 1.82) is 0 Å². The van der Waals surface area contributed by atoms with Crippen LogP contribution in [-0.2, 0) is 17.1 Å². The van der Waals surface area contributed by atoms with E-state index >= 15 is 0 Å². The number of carbonyl (C=O) groups is 1. The van der Waals surface area contributed by atoms with Gasteiger partial charge in [0.25, 0.3) is 0 Å². The molecule has 0 saturated carbocycles. The second-order valence-electron chi connectivity index (χ2n) is 6.93. The zero-order chi connectivity index (χ0) is 22.5. The standard InChI is InChI=1S/C25H19F2NO3S/c1-30-25(29)22-23(31-14-16-10-12-18(26)13-11-16)19-7-3-5-9-21(19)28-24(22)32-15-17-6-2-4-8-20(17)27/h2-13H,14-15H2,1H3. The molecule has 3 aromatic carbocycles. The fourth-order valence-corrected chi connectivity index (χ4v) is 4.20. The van der Waals surface area contributed by atoms with Gasteiger partial charge in [0.1, 0.15) is 34.6 Å². The molecule has 0 bridgehead atoms. The number of ether oxygens (including phenoxy) is 2. The first kappa shape index (κ1) is 21.8. The van der Waals surface area contributed by atoms with Gasteiger partial charge in [-0.25, -0.2) is 18.6 Å². The predicted octanol–water partition coefficient (Wildman–Crippen LogP) is 6.17. The zero-order valence-corrected chi connectivity index (χ0v) is 18.0. The third-order valence-electron chi connectivity index (χ3n) is 4.82. The number of hydrogen-bond acceptors (Lipinski definition) is 5. The zero-order valence-electron chi connectivity index (χ0n) is 17.2. The molecule has 7 heteroatoms. The van der Waals surface area contributed by atoms with Gasteiger partial charge in [-0.05, 0) is 41.5 Å². The highest BCUT2D eigenvalue weighted by atomic mass is 32.2. The molecule has 32 heavy (non-hydrogen) atoms. The van der Waals surface area contributed by atoms with Crippen molar-refractivity contribution in [1.82, 2.24) is 4.98 Å². The van der Waals surface area contributed by atoms with Gasteiger partial charge in [0.15, 0.2) is 0 Å². The largest absolute Gasteiger partial charge is 0.487 e. The summed E-state index contributed by atoms with van der Waals surface area (Å²) in [5.74, 6) is -0.672. The fourth-order valence-electron chi connectivity index (χ4n) is 3.19. The molecule has 0 unspecified atom stereocenters. The first-order chi connectivity index (χ1) is 15.6. The molecule has 0 amide bonds. The number of para-hydroxylation sites is 1. The molecule has 1 aromatic heterocycles.